The Balaban J connectivity index is 2.23. The van der Waals surface area contributed by atoms with Gasteiger partial charge in [0.1, 0.15) is 0 Å². The molecule has 88 valence electrons. The third-order valence-electron chi connectivity index (χ3n) is 2.29. The van der Waals surface area contributed by atoms with Gasteiger partial charge in [-0.25, -0.2) is 9.78 Å². The zero-order valence-electron chi connectivity index (χ0n) is 9.77. The molecule has 0 spiro atoms. The number of hydrogen-bond acceptors (Lipinski definition) is 4. The van der Waals surface area contributed by atoms with Crippen LogP contribution in [0.25, 0.3) is 10.4 Å². The molecule has 0 saturated carbocycles. The molecular formula is C13H13NO2S. The van der Waals surface area contributed by atoms with Crippen molar-refractivity contribution in [2.75, 3.05) is 6.61 Å². The van der Waals surface area contributed by atoms with Gasteiger partial charge in [0.2, 0.25) is 5.01 Å². The van der Waals surface area contributed by atoms with Crippen LogP contribution in [0, 0.1) is 6.92 Å². The number of hydrogen-bond donors (Lipinski definition) is 0. The molecule has 0 aliphatic rings. The molecule has 1 heterocycles. The average molecular weight is 247 g/mol. The minimum absolute atomic E-state index is 0.351. The number of esters is 1. The normalized spacial score (nSPS) is 10.2. The predicted octanol–water partition coefficient (Wildman–Crippen LogP) is 3.30. The van der Waals surface area contributed by atoms with Gasteiger partial charge in [-0.3, -0.25) is 0 Å². The van der Waals surface area contributed by atoms with Crippen LogP contribution in [0.3, 0.4) is 0 Å². The molecule has 0 atom stereocenters. The van der Waals surface area contributed by atoms with Gasteiger partial charge in [0, 0.05) is 6.20 Å². The molecule has 0 saturated heterocycles. The summed E-state index contributed by atoms with van der Waals surface area (Å²) in [6.07, 6.45) is 1.71. The van der Waals surface area contributed by atoms with Gasteiger partial charge in [0.15, 0.2) is 0 Å². The first kappa shape index (κ1) is 11.8. The molecule has 4 heteroatoms. The number of ether oxygens (including phenoxy) is 1. The molecule has 2 rings (SSSR count). The Morgan fingerprint density at radius 1 is 1.35 bits per heavy atom. The van der Waals surface area contributed by atoms with E-state index < -0.39 is 0 Å². The molecule has 0 N–H and O–H groups in total. The number of carbonyl (C=O) groups is 1. The van der Waals surface area contributed by atoms with Gasteiger partial charge in [-0.15, -0.1) is 11.3 Å². The first-order valence-electron chi connectivity index (χ1n) is 5.40. The molecule has 0 radical (unpaired) electrons. The maximum Gasteiger partial charge on any atom is 0.367 e. The van der Waals surface area contributed by atoms with E-state index in [1.165, 1.54) is 16.9 Å². The van der Waals surface area contributed by atoms with Crippen LogP contribution in [0.4, 0.5) is 0 Å². The highest BCUT2D eigenvalue weighted by Gasteiger charge is 2.12. The Morgan fingerprint density at radius 3 is 2.71 bits per heavy atom. The zero-order chi connectivity index (χ0) is 12.3. The lowest BCUT2D eigenvalue weighted by Gasteiger charge is -1.97. The molecule has 0 aliphatic heterocycles. The number of thiazole rings is 1. The predicted molar refractivity (Wildman–Crippen MR) is 68.2 cm³/mol. The van der Waals surface area contributed by atoms with Crippen molar-refractivity contribution in [1.29, 1.82) is 0 Å². The molecule has 2 aromatic rings. The van der Waals surface area contributed by atoms with Crippen molar-refractivity contribution in [1.82, 2.24) is 4.98 Å². The third-order valence-corrected chi connectivity index (χ3v) is 3.32. The van der Waals surface area contributed by atoms with Crippen molar-refractivity contribution >= 4 is 17.3 Å². The van der Waals surface area contributed by atoms with E-state index >= 15 is 0 Å². The minimum Gasteiger partial charge on any atom is -0.461 e. The van der Waals surface area contributed by atoms with Gasteiger partial charge in [0.05, 0.1) is 11.5 Å². The van der Waals surface area contributed by atoms with Crippen LogP contribution in [-0.4, -0.2) is 17.6 Å². The van der Waals surface area contributed by atoms with Crippen molar-refractivity contribution in [3.8, 4) is 10.4 Å². The van der Waals surface area contributed by atoms with E-state index in [2.05, 4.69) is 4.98 Å². The van der Waals surface area contributed by atoms with Crippen molar-refractivity contribution in [3.63, 3.8) is 0 Å². The van der Waals surface area contributed by atoms with Crippen LogP contribution in [0.5, 0.6) is 0 Å². The highest BCUT2D eigenvalue weighted by atomic mass is 32.1. The number of carbonyl (C=O) groups excluding carboxylic acids is 1. The summed E-state index contributed by atoms with van der Waals surface area (Å²) in [5.41, 5.74) is 2.28. The molecular weight excluding hydrogens is 234 g/mol. The molecule has 3 nitrogen and oxygen atoms in total. The average Bonchev–Trinajstić information content (AvgIpc) is 2.80. The first-order valence-corrected chi connectivity index (χ1v) is 6.22. The smallest absolute Gasteiger partial charge is 0.367 e. The summed E-state index contributed by atoms with van der Waals surface area (Å²) in [5, 5.41) is 0.405. The number of rotatable bonds is 3. The van der Waals surface area contributed by atoms with Crippen molar-refractivity contribution < 1.29 is 9.53 Å². The van der Waals surface area contributed by atoms with E-state index in [1.807, 2.05) is 31.2 Å². The lowest BCUT2D eigenvalue weighted by molar-refractivity contribution is 0.0526. The maximum absolute atomic E-state index is 11.5. The van der Waals surface area contributed by atoms with E-state index in [-0.39, 0.29) is 5.97 Å². The first-order chi connectivity index (χ1) is 8.20. The monoisotopic (exact) mass is 247 g/mol. The number of aromatic nitrogens is 1. The maximum atomic E-state index is 11.5. The fourth-order valence-corrected chi connectivity index (χ4v) is 2.23. The molecule has 1 aromatic carbocycles. The van der Waals surface area contributed by atoms with Gasteiger partial charge in [-0.1, -0.05) is 29.8 Å². The second-order valence-electron chi connectivity index (χ2n) is 3.62. The van der Waals surface area contributed by atoms with Crippen LogP contribution < -0.4 is 0 Å². The number of benzene rings is 1. The fraction of sp³-hybridized carbons (Fsp3) is 0.231. The molecule has 0 bridgehead atoms. The highest BCUT2D eigenvalue weighted by molar-refractivity contribution is 7.16. The lowest BCUT2D eigenvalue weighted by atomic mass is 10.1. The molecule has 0 unspecified atom stereocenters. The molecule has 17 heavy (non-hydrogen) atoms. The number of nitrogens with zero attached hydrogens (tertiary/aromatic N) is 1. The van der Waals surface area contributed by atoms with Gasteiger partial charge < -0.3 is 4.74 Å². The Morgan fingerprint density at radius 2 is 2.06 bits per heavy atom. The van der Waals surface area contributed by atoms with E-state index in [0.717, 1.165) is 10.4 Å². The molecule has 0 fully saturated rings. The second-order valence-corrected chi connectivity index (χ2v) is 4.65. The van der Waals surface area contributed by atoms with Crippen LogP contribution >= 0.6 is 11.3 Å². The Hall–Kier alpha value is -1.68. The lowest BCUT2D eigenvalue weighted by Crippen LogP contribution is -2.03. The largest absolute Gasteiger partial charge is 0.461 e. The van der Waals surface area contributed by atoms with Gasteiger partial charge >= 0.3 is 5.97 Å². The summed E-state index contributed by atoms with van der Waals surface area (Å²) < 4.78 is 4.91. The van der Waals surface area contributed by atoms with Crippen molar-refractivity contribution in [2.45, 2.75) is 13.8 Å². The SMILES string of the molecule is CCOC(=O)c1ncc(-c2ccc(C)cc2)s1. The zero-order valence-corrected chi connectivity index (χ0v) is 10.6. The summed E-state index contributed by atoms with van der Waals surface area (Å²) in [5.74, 6) is -0.351. The quantitative estimate of drug-likeness (QED) is 0.781. The summed E-state index contributed by atoms with van der Waals surface area (Å²) >= 11 is 1.35. The number of aryl methyl sites for hydroxylation is 1. The molecule has 1 aromatic heterocycles. The fourth-order valence-electron chi connectivity index (χ4n) is 1.41. The van der Waals surface area contributed by atoms with E-state index in [0.29, 0.717) is 11.6 Å². The summed E-state index contributed by atoms with van der Waals surface area (Å²) in [4.78, 5) is 16.5. The van der Waals surface area contributed by atoms with Gasteiger partial charge in [-0.2, -0.15) is 0 Å². The summed E-state index contributed by atoms with van der Waals surface area (Å²) in [7, 11) is 0. The molecule has 0 amide bonds. The van der Waals surface area contributed by atoms with Crippen molar-refractivity contribution in [3.05, 3.63) is 41.0 Å². The van der Waals surface area contributed by atoms with Gasteiger partial charge in [0.25, 0.3) is 0 Å². The highest BCUT2D eigenvalue weighted by Crippen LogP contribution is 2.26. The third kappa shape index (κ3) is 2.71. The van der Waals surface area contributed by atoms with Crippen LogP contribution in [0.2, 0.25) is 0 Å². The Labute approximate surface area is 104 Å². The second kappa shape index (κ2) is 5.10. The van der Waals surface area contributed by atoms with E-state index in [9.17, 15) is 4.79 Å². The van der Waals surface area contributed by atoms with E-state index in [4.69, 9.17) is 4.74 Å². The molecule has 0 aliphatic carbocycles. The van der Waals surface area contributed by atoms with Crippen LogP contribution in [-0.2, 0) is 4.74 Å². The Bertz CT molecular complexity index is 516. The standard InChI is InChI=1S/C13H13NO2S/c1-3-16-13(15)12-14-8-11(17-12)10-6-4-9(2)5-7-10/h4-8H,3H2,1-2H3. The Kier molecular flexibility index (Phi) is 3.54. The van der Waals surface area contributed by atoms with Crippen LogP contribution in [0.15, 0.2) is 30.5 Å². The van der Waals surface area contributed by atoms with Crippen LogP contribution in [0.1, 0.15) is 22.3 Å². The topological polar surface area (TPSA) is 39.2 Å². The van der Waals surface area contributed by atoms with Gasteiger partial charge in [-0.05, 0) is 19.4 Å². The van der Waals surface area contributed by atoms with Crippen molar-refractivity contribution in [2.24, 2.45) is 0 Å². The summed E-state index contributed by atoms with van der Waals surface area (Å²) in [6, 6.07) is 8.13. The minimum atomic E-state index is -0.351. The van der Waals surface area contributed by atoms with E-state index in [1.54, 1.807) is 13.1 Å². The summed E-state index contributed by atoms with van der Waals surface area (Å²) in [6.45, 7) is 4.20.